The first-order valence-electron chi connectivity index (χ1n) is 8.67. The van der Waals surface area contributed by atoms with E-state index in [0.29, 0.717) is 6.04 Å². The largest absolute Gasteiger partial charge is 0.483 e. The number of nitrogens with zero attached hydrogens (tertiary/aromatic N) is 2. The van der Waals surface area contributed by atoms with Gasteiger partial charge in [0.2, 0.25) is 0 Å². The minimum Gasteiger partial charge on any atom is -0.483 e. The van der Waals surface area contributed by atoms with Gasteiger partial charge in [0.15, 0.2) is 6.61 Å². The average molecular weight is 327 g/mol. The van der Waals surface area contributed by atoms with Gasteiger partial charge in [-0.05, 0) is 43.9 Å². The number of nitrogens with one attached hydrogen (secondary N) is 1. The van der Waals surface area contributed by atoms with E-state index >= 15 is 0 Å². The quantitative estimate of drug-likeness (QED) is 0.902. The lowest BCUT2D eigenvalue weighted by Crippen LogP contribution is -2.24. The Labute approximate surface area is 143 Å². The zero-order chi connectivity index (χ0) is 16.9. The van der Waals surface area contributed by atoms with Crippen molar-refractivity contribution in [2.75, 3.05) is 11.9 Å². The van der Waals surface area contributed by atoms with Gasteiger partial charge in [-0.3, -0.25) is 4.79 Å². The third-order valence-electron chi connectivity index (χ3n) is 4.56. The molecule has 1 fully saturated rings. The van der Waals surface area contributed by atoms with Crippen molar-refractivity contribution in [2.45, 2.75) is 52.0 Å². The van der Waals surface area contributed by atoms with E-state index in [2.05, 4.69) is 10.4 Å². The molecule has 1 aromatic carbocycles. The summed E-state index contributed by atoms with van der Waals surface area (Å²) < 4.78 is 7.63. The Morgan fingerprint density at radius 2 is 2.04 bits per heavy atom. The van der Waals surface area contributed by atoms with Crippen LogP contribution in [-0.2, 0) is 4.79 Å². The van der Waals surface area contributed by atoms with E-state index in [9.17, 15) is 4.79 Å². The molecule has 2 aromatic rings. The lowest BCUT2D eigenvalue weighted by Gasteiger charge is -2.23. The van der Waals surface area contributed by atoms with Crippen molar-refractivity contribution in [3.8, 4) is 5.75 Å². The van der Waals surface area contributed by atoms with Crippen LogP contribution in [0.1, 0.15) is 49.3 Å². The molecule has 1 aromatic heterocycles. The summed E-state index contributed by atoms with van der Waals surface area (Å²) in [4.78, 5) is 12.2. The summed E-state index contributed by atoms with van der Waals surface area (Å²) in [5, 5.41) is 7.33. The smallest absolute Gasteiger partial charge is 0.263 e. The molecule has 1 aliphatic carbocycles. The van der Waals surface area contributed by atoms with Crippen LogP contribution in [-0.4, -0.2) is 22.3 Å². The molecule has 24 heavy (non-hydrogen) atoms. The topological polar surface area (TPSA) is 56.1 Å². The first-order valence-corrected chi connectivity index (χ1v) is 8.67. The first kappa shape index (κ1) is 16.6. The number of hydrogen-bond acceptors (Lipinski definition) is 3. The van der Waals surface area contributed by atoms with Crippen molar-refractivity contribution < 1.29 is 9.53 Å². The number of carbonyl (C=O) groups excluding carboxylic acids is 1. The van der Waals surface area contributed by atoms with E-state index in [1.807, 2.05) is 42.8 Å². The molecular weight excluding hydrogens is 302 g/mol. The molecule has 0 unspecified atom stereocenters. The van der Waals surface area contributed by atoms with Crippen molar-refractivity contribution in [3.05, 3.63) is 41.6 Å². The van der Waals surface area contributed by atoms with Crippen LogP contribution in [0.2, 0.25) is 0 Å². The number of aromatic nitrogens is 2. The van der Waals surface area contributed by atoms with Gasteiger partial charge >= 0.3 is 0 Å². The second kappa shape index (κ2) is 7.51. The minimum absolute atomic E-state index is 0.000139. The van der Waals surface area contributed by atoms with Gasteiger partial charge in [-0.15, -0.1) is 0 Å². The van der Waals surface area contributed by atoms with E-state index in [1.54, 1.807) is 6.20 Å². The summed E-state index contributed by atoms with van der Waals surface area (Å²) in [7, 11) is 0. The summed E-state index contributed by atoms with van der Waals surface area (Å²) >= 11 is 0. The van der Waals surface area contributed by atoms with Crippen LogP contribution in [0.3, 0.4) is 0 Å². The molecule has 3 rings (SSSR count). The SMILES string of the molecule is Cc1ccc(C)c(OCC(=O)Nc2ccnn2C2CCCCC2)c1. The third-order valence-corrected chi connectivity index (χ3v) is 4.56. The fourth-order valence-electron chi connectivity index (χ4n) is 3.21. The van der Waals surface area contributed by atoms with Gasteiger partial charge in [-0.2, -0.15) is 5.10 Å². The van der Waals surface area contributed by atoms with Crippen LogP contribution in [0.25, 0.3) is 0 Å². The molecule has 1 heterocycles. The number of carbonyl (C=O) groups is 1. The molecule has 0 spiro atoms. The van der Waals surface area contributed by atoms with Crippen molar-refractivity contribution >= 4 is 11.7 Å². The fraction of sp³-hybridized carbons (Fsp3) is 0.474. The highest BCUT2D eigenvalue weighted by molar-refractivity contribution is 5.91. The summed E-state index contributed by atoms with van der Waals surface area (Å²) in [6.45, 7) is 3.99. The van der Waals surface area contributed by atoms with Gasteiger partial charge in [0.05, 0.1) is 12.2 Å². The molecule has 1 N–H and O–H groups in total. The molecule has 0 bridgehead atoms. The minimum atomic E-state index is -0.159. The zero-order valence-electron chi connectivity index (χ0n) is 14.4. The lowest BCUT2D eigenvalue weighted by molar-refractivity contribution is -0.118. The highest BCUT2D eigenvalue weighted by Gasteiger charge is 2.19. The van der Waals surface area contributed by atoms with Gasteiger partial charge in [0.25, 0.3) is 5.91 Å². The Morgan fingerprint density at radius 3 is 2.83 bits per heavy atom. The summed E-state index contributed by atoms with van der Waals surface area (Å²) in [6.07, 6.45) is 7.76. The zero-order valence-corrected chi connectivity index (χ0v) is 14.4. The van der Waals surface area contributed by atoms with Crippen LogP contribution in [0.5, 0.6) is 5.75 Å². The second-order valence-electron chi connectivity index (χ2n) is 6.56. The van der Waals surface area contributed by atoms with Crippen LogP contribution in [0.4, 0.5) is 5.82 Å². The second-order valence-corrected chi connectivity index (χ2v) is 6.56. The van der Waals surface area contributed by atoms with E-state index in [-0.39, 0.29) is 12.5 Å². The number of amides is 1. The first-order chi connectivity index (χ1) is 11.6. The molecule has 1 saturated carbocycles. The average Bonchev–Trinajstić information content (AvgIpc) is 3.04. The van der Waals surface area contributed by atoms with E-state index in [0.717, 1.165) is 35.5 Å². The highest BCUT2D eigenvalue weighted by atomic mass is 16.5. The number of ether oxygens (including phenoxy) is 1. The van der Waals surface area contributed by atoms with E-state index in [1.165, 1.54) is 19.3 Å². The molecule has 0 aliphatic heterocycles. The maximum atomic E-state index is 12.2. The Morgan fingerprint density at radius 1 is 1.25 bits per heavy atom. The standard InChI is InChI=1S/C19H25N3O2/c1-14-8-9-15(2)17(12-14)24-13-19(23)21-18-10-11-20-22(18)16-6-4-3-5-7-16/h8-12,16H,3-7,13H2,1-2H3,(H,21,23). The summed E-state index contributed by atoms with van der Waals surface area (Å²) in [5.41, 5.74) is 2.15. The van der Waals surface area contributed by atoms with Crippen molar-refractivity contribution in [2.24, 2.45) is 0 Å². The molecule has 128 valence electrons. The molecule has 5 heteroatoms. The predicted molar refractivity (Wildman–Crippen MR) is 94.4 cm³/mol. The van der Waals surface area contributed by atoms with Crippen molar-refractivity contribution in [3.63, 3.8) is 0 Å². The number of rotatable bonds is 5. The number of benzene rings is 1. The molecule has 1 aliphatic rings. The number of aryl methyl sites for hydroxylation is 2. The van der Waals surface area contributed by atoms with Gasteiger partial charge < -0.3 is 10.1 Å². The summed E-state index contributed by atoms with van der Waals surface area (Å²) in [5.74, 6) is 1.36. The maximum Gasteiger partial charge on any atom is 0.263 e. The molecule has 0 radical (unpaired) electrons. The van der Waals surface area contributed by atoms with Crippen LogP contribution >= 0.6 is 0 Å². The number of anilines is 1. The Balaban J connectivity index is 1.59. The van der Waals surface area contributed by atoms with Gasteiger partial charge in [-0.1, -0.05) is 31.4 Å². The molecular formula is C19H25N3O2. The molecule has 0 atom stereocenters. The Bertz CT molecular complexity index is 702. The van der Waals surface area contributed by atoms with Crippen LogP contribution < -0.4 is 10.1 Å². The monoisotopic (exact) mass is 327 g/mol. The van der Waals surface area contributed by atoms with Crippen molar-refractivity contribution in [1.82, 2.24) is 9.78 Å². The van der Waals surface area contributed by atoms with Gasteiger partial charge in [0, 0.05) is 6.07 Å². The third kappa shape index (κ3) is 3.96. The summed E-state index contributed by atoms with van der Waals surface area (Å²) in [6, 6.07) is 8.23. The highest BCUT2D eigenvalue weighted by Crippen LogP contribution is 2.29. The molecule has 5 nitrogen and oxygen atoms in total. The van der Waals surface area contributed by atoms with Crippen LogP contribution in [0, 0.1) is 13.8 Å². The number of hydrogen-bond donors (Lipinski definition) is 1. The molecule has 0 saturated heterocycles. The van der Waals surface area contributed by atoms with Gasteiger partial charge in [-0.25, -0.2) is 4.68 Å². The Kier molecular flexibility index (Phi) is 5.18. The molecule has 1 amide bonds. The van der Waals surface area contributed by atoms with Crippen molar-refractivity contribution in [1.29, 1.82) is 0 Å². The lowest BCUT2D eigenvalue weighted by atomic mass is 9.96. The maximum absolute atomic E-state index is 12.2. The van der Waals surface area contributed by atoms with E-state index < -0.39 is 0 Å². The fourth-order valence-corrected chi connectivity index (χ4v) is 3.21. The van der Waals surface area contributed by atoms with Gasteiger partial charge in [0.1, 0.15) is 11.6 Å². The normalized spacial score (nSPS) is 15.2. The Hall–Kier alpha value is -2.30. The predicted octanol–water partition coefficient (Wildman–Crippen LogP) is 4.02. The van der Waals surface area contributed by atoms with E-state index in [4.69, 9.17) is 4.74 Å². The van der Waals surface area contributed by atoms with Crippen LogP contribution in [0.15, 0.2) is 30.5 Å².